The number of halogens is 3. The monoisotopic (exact) mass is 570 g/mol. The number of amides is 1. The molecule has 0 spiro atoms. The number of anilines is 1. The van der Waals surface area contributed by atoms with E-state index in [1.165, 1.54) is 4.90 Å². The van der Waals surface area contributed by atoms with Crippen molar-refractivity contribution in [3.8, 4) is 12.0 Å². The van der Waals surface area contributed by atoms with E-state index < -0.39 is 23.6 Å². The topological polar surface area (TPSA) is 103 Å². The van der Waals surface area contributed by atoms with Crippen LogP contribution in [0.1, 0.15) is 25.6 Å². The summed E-state index contributed by atoms with van der Waals surface area (Å²) in [5.41, 5.74) is 0.618. The molecule has 2 saturated heterocycles. The van der Waals surface area contributed by atoms with Crippen molar-refractivity contribution in [3.63, 3.8) is 0 Å². The molecule has 2 aliphatic heterocycles. The van der Waals surface area contributed by atoms with Crippen LogP contribution in [0.2, 0.25) is 0 Å². The molecule has 0 radical (unpaired) electrons. The molecule has 1 saturated carbocycles. The Labute approximate surface area is 232 Å². The minimum Gasteiger partial charge on any atom is -0.458 e. The molecule has 0 N–H and O–H groups in total. The molecule has 3 fully saturated rings. The Morgan fingerprint density at radius 1 is 1.10 bits per heavy atom. The third kappa shape index (κ3) is 4.10. The molecule has 0 atom stereocenters. The maximum absolute atomic E-state index is 13.4. The summed E-state index contributed by atoms with van der Waals surface area (Å²) in [6.45, 7) is 4.55. The first-order chi connectivity index (χ1) is 19.7. The molecule has 7 rings (SSSR count). The zero-order chi connectivity index (χ0) is 28.5. The van der Waals surface area contributed by atoms with E-state index in [-0.39, 0.29) is 31.9 Å². The number of fused-ring (bicyclic) bond motifs is 2. The highest BCUT2D eigenvalue weighted by Gasteiger charge is 2.70. The number of alkyl halides is 3. The minimum absolute atomic E-state index is 0.0774. The van der Waals surface area contributed by atoms with Crippen molar-refractivity contribution in [2.75, 3.05) is 44.3 Å². The number of carbonyl (C=O) groups excluding carboxylic acids is 1. The summed E-state index contributed by atoms with van der Waals surface area (Å²) in [6.07, 6.45) is -4.63. The number of ether oxygens (including phenoxy) is 2. The maximum Gasteiger partial charge on any atom is 0.403 e. The van der Waals surface area contributed by atoms with Crippen LogP contribution in [0.4, 0.5) is 19.0 Å². The second-order valence-electron chi connectivity index (χ2n) is 10.8. The van der Waals surface area contributed by atoms with Gasteiger partial charge < -0.3 is 19.3 Å². The van der Waals surface area contributed by atoms with Gasteiger partial charge in [-0.3, -0.25) is 13.9 Å². The largest absolute Gasteiger partial charge is 0.458 e. The Hall–Kier alpha value is -3.94. The molecular formula is C27H29F3N8O3. The Kier molecular flexibility index (Phi) is 5.89. The lowest BCUT2D eigenvalue weighted by Crippen LogP contribution is -2.59. The molecule has 216 valence electrons. The summed E-state index contributed by atoms with van der Waals surface area (Å²) in [4.78, 5) is 35.3. The van der Waals surface area contributed by atoms with Gasteiger partial charge in [-0.15, -0.1) is 0 Å². The van der Waals surface area contributed by atoms with E-state index in [9.17, 15) is 18.0 Å². The van der Waals surface area contributed by atoms with Crippen molar-refractivity contribution in [1.29, 1.82) is 0 Å². The van der Waals surface area contributed by atoms with Crippen LogP contribution in [0.25, 0.3) is 28.1 Å². The molecule has 3 aliphatic rings. The van der Waals surface area contributed by atoms with E-state index in [0.717, 1.165) is 16.9 Å². The normalized spacial score (nSPS) is 19.1. The van der Waals surface area contributed by atoms with Gasteiger partial charge in [-0.1, -0.05) is 19.1 Å². The van der Waals surface area contributed by atoms with Crippen molar-refractivity contribution >= 4 is 33.9 Å². The van der Waals surface area contributed by atoms with Crippen molar-refractivity contribution in [1.82, 2.24) is 34.0 Å². The number of nitrogens with zero attached hydrogens (tertiary/aromatic N) is 8. The van der Waals surface area contributed by atoms with Gasteiger partial charge >= 0.3 is 6.18 Å². The number of rotatable bonds is 6. The standard InChI is InChI=1S/C27H29F3N8O3/c1-3-19-31-17-6-4-5-7-18(17)38(19)24-33-21-20(22(34-24)36-10-12-40-13-11-36)32-25(35(21)2)41-16-14-37(15-16)23(39)26(8-9-26)27(28,29)30/h4-7,16H,3,8-15H2,1-2H3. The minimum atomic E-state index is -4.53. The third-order valence-electron chi connectivity index (χ3n) is 8.21. The Bertz CT molecular complexity index is 1650. The number of benzene rings is 1. The van der Waals surface area contributed by atoms with E-state index in [4.69, 9.17) is 29.4 Å². The molecule has 0 unspecified atom stereocenters. The van der Waals surface area contributed by atoms with Gasteiger partial charge in [0.05, 0.1) is 37.3 Å². The van der Waals surface area contributed by atoms with Crippen LogP contribution in [0.3, 0.4) is 0 Å². The quantitative estimate of drug-likeness (QED) is 0.349. The number of hydrogen-bond donors (Lipinski definition) is 0. The van der Waals surface area contributed by atoms with Gasteiger partial charge in [-0.05, 0) is 25.0 Å². The second kappa shape index (κ2) is 9.29. The van der Waals surface area contributed by atoms with Gasteiger partial charge in [0.25, 0.3) is 6.01 Å². The molecule has 0 bridgehead atoms. The van der Waals surface area contributed by atoms with Crippen molar-refractivity contribution in [2.24, 2.45) is 12.5 Å². The maximum atomic E-state index is 13.4. The zero-order valence-electron chi connectivity index (χ0n) is 22.7. The number of morpholine rings is 1. The van der Waals surface area contributed by atoms with Crippen molar-refractivity contribution in [3.05, 3.63) is 30.1 Å². The lowest BCUT2D eigenvalue weighted by molar-refractivity contribution is -0.203. The number of para-hydroxylation sites is 2. The number of likely N-dealkylation sites (tertiary alicyclic amines) is 1. The average Bonchev–Trinajstić information content (AvgIpc) is 3.61. The summed E-state index contributed by atoms with van der Waals surface area (Å²) in [6, 6.07) is 8.09. The molecule has 11 nitrogen and oxygen atoms in total. The number of imidazole rings is 2. The van der Waals surface area contributed by atoms with Gasteiger partial charge in [-0.25, -0.2) is 4.98 Å². The summed E-state index contributed by atoms with van der Waals surface area (Å²) < 4.78 is 55.6. The van der Waals surface area contributed by atoms with E-state index in [1.807, 2.05) is 35.8 Å². The highest BCUT2D eigenvalue weighted by Crippen LogP contribution is 2.59. The van der Waals surface area contributed by atoms with Crippen LogP contribution >= 0.6 is 0 Å². The molecule has 14 heteroatoms. The highest BCUT2D eigenvalue weighted by molar-refractivity contribution is 5.87. The number of aryl methyl sites for hydroxylation is 2. The van der Waals surface area contributed by atoms with E-state index in [2.05, 4.69) is 4.90 Å². The van der Waals surface area contributed by atoms with Crippen LogP contribution < -0.4 is 9.64 Å². The number of carbonyl (C=O) groups is 1. The Morgan fingerprint density at radius 2 is 1.83 bits per heavy atom. The van der Waals surface area contributed by atoms with E-state index in [1.54, 1.807) is 11.6 Å². The third-order valence-corrected chi connectivity index (χ3v) is 8.21. The van der Waals surface area contributed by atoms with Crippen LogP contribution in [-0.2, 0) is 23.0 Å². The van der Waals surface area contributed by atoms with Crippen LogP contribution in [-0.4, -0.2) is 91.6 Å². The molecule has 1 aliphatic carbocycles. The van der Waals surface area contributed by atoms with Gasteiger partial charge in [0.15, 0.2) is 17.0 Å². The molecule has 5 heterocycles. The molecule has 1 aromatic carbocycles. The summed E-state index contributed by atoms with van der Waals surface area (Å²) >= 11 is 0. The predicted molar refractivity (Wildman–Crippen MR) is 142 cm³/mol. The summed E-state index contributed by atoms with van der Waals surface area (Å²) in [5, 5.41) is 0. The Morgan fingerprint density at radius 3 is 2.51 bits per heavy atom. The van der Waals surface area contributed by atoms with Crippen LogP contribution in [0.5, 0.6) is 6.01 Å². The lowest BCUT2D eigenvalue weighted by Gasteiger charge is -2.40. The Balaban J connectivity index is 1.23. The molecule has 41 heavy (non-hydrogen) atoms. The molecule has 3 aromatic heterocycles. The number of aromatic nitrogens is 6. The van der Waals surface area contributed by atoms with Gasteiger partial charge in [0.1, 0.15) is 17.3 Å². The average molecular weight is 571 g/mol. The first-order valence-corrected chi connectivity index (χ1v) is 13.8. The molecule has 4 aromatic rings. The highest BCUT2D eigenvalue weighted by atomic mass is 19.4. The zero-order valence-corrected chi connectivity index (χ0v) is 22.7. The first-order valence-electron chi connectivity index (χ1n) is 13.8. The first kappa shape index (κ1) is 26.0. The fourth-order valence-electron chi connectivity index (χ4n) is 5.63. The van der Waals surface area contributed by atoms with Crippen LogP contribution in [0.15, 0.2) is 24.3 Å². The fraction of sp³-hybridized carbons (Fsp3) is 0.519. The summed E-state index contributed by atoms with van der Waals surface area (Å²) in [5.74, 6) is 1.06. The summed E-state index contributed by atoms with van der Waals surface area (Å²) in [7, 11) is 1.78. The van der Waals surface area contributed by atoms with E-state index in [0.29, 0.717) is 55.7 Å². The molecule has 1 amide bonds. The van der Waals surface area contributed by atoms with Gasteiger partial charge in [0, 0.05) is 26.6 Å². The van der Waals surface area contributed by atoms with Crippen LogP contribution in [0, 0.1) is 5.41 Å². The lowest BCUT2D eigenvalue weighted by atomic mass is 10.0. The smallest absolute Gasteiger partial charge is 0.403 e. The second-order valence-corrected chi connectivity index (χ2v) is 10.8. The molecular weight excluding hydrogens is 541 g/mol. The van der Waals surface area contributed by atoms with E-state index >= 15 is 0 Å². The van der Waals surface area contributed by atoms with Gasteiger partial charge in [0.2, 0.25) is 11.9 Å². The van der Waals surface area contributed by atoms with Crippen molar-refractivity contribution < 1.29 is 27.4 Å². The predicted octanol–water partition coefficient (Wildman–Crippen LogP) is 3.03. The van der Waals surface area contributed by atoms with Crippen molar-refractivity contribution in [2.45, 2.75) is 38.5 Å². The SMILES string of the molecule is CCc1nc2ccccc2n1-c1nc(N2CCOCC2)c2nc(OC3CN(C(=O)C4(C(F)(F)F)CC4)C3)n(C)c2n1. The fourth-order valence-corrected chi connectivity index (χ4v) is 5.63. The number of hydrogen-bond acceptors (Lipinski definition) is 8. The van der Waals surface area contributed by atoms with Gasteiger partial charge in [-0.2, -0.15) is 28.1 Å².